The number of ether oxygens (including phenoxy) is 1. The largest absolute Gasteiger partial charge is 0.497 e. The van der Waals surface area contributed by atoms with Crippen LogP contribution in [-0.4, -0.2) is 46.9 Å². The van der Waals surface area contributed by atoms with Gasteiger partial charge in [-0.15, -0.1) is 0 Å². The smallest absolute Gasteiger partial charge is 0.332 e. The lowest BCUT2D eigenvalue weighted by Gasteiger charge is -2.36. The Morgan fingerprint density at radius 3 is 2.44 bits per heavy atom. The van der Waals surface area contributed by atoms with E-state index in [1.165, 1.54) is 11.3 Å². The molecule has 3 aromatic carbocycles. The number of carbonyl (C=O) groups is 3. The SMILES string of the molecule is COc1ccc(C2c3[nH]c4ccccc4c3C[C@H]3C(=O)N(c4ccccc4C(=O)NC4CCCCC4)C(=O)N23)cc1. The summed E-state index contributed by atoms with van der Waals surface area (Å²) in [6.07, 6.45) is 5.65. The number of hydrogen-bond acceptors (Lipinski definition) is 4. The predicted molar refractivity (Wildman–Crippen MR) is 156 cm³/mol. The monoisotopic (exact) mass is 548 g/mol. The van der Waals surface area contributed by atoms with Gasteiger partial charge < -0.3 is 15.0 Å². The zero-order valence-electron chi connectivity index (χ0n) is 22.9. The van der Waals surface area contributed by atoms with Crippen molar-refractivity contribution in [3.63, 3.8) is 0 Å². The summed E-state index contributed by atoms with van der Waals surface area (Å²) in [6, 6.07) is 21.0. The van der Waals surface area contributed by atoms with Crippen molar-refractivity contribution < 1.29 is 19.1 Å². The van der Waals surface area contributed by atoms with Gasteiger partial charge in [-0.3, -0.25) is 14.5 Å². The minimum absolute atomic E-state index is 0.110. The fraction of sp³-hybridized carbons (Fsp3) is 0.303. The maximum Gasteiger partial charge on any atom is 0.332 e. The van der Waals surface area contributed by atoms with Crippen LogP contribution in [0.5, 0.6) is 5.75 Å². The molecule has 41 heavy (non-hydrogen) atoms. The van der Waals surface area contributed by atoms with Crippen LogP contribution in [0.1, 0.15) is 65.3 Å². The number of urea groups is 1. The molecule has 1 unspecified atom stereocenters. The van der Waals surface area contributed by atoms with Crippen molar-refractivity contribution in [2.75, 3.05) is 12.0 Å². The molecule has 1 saturated carbocycles. The van der Waals surface area contributed by atoms with Gasteiger partial charge in [0.25, 0.3) is 11.8 Å². The van der Waals surface area contributed by atoms with E-state index in [0.717, 1.165) is 53.4 Å². The third-order valence-corrected chi connectivity index (χ3v) is 8.81. The molecular weight excluding hydrogens is 516 g/mol. The minimum Gasteiger partial charge on any atom is -0.497 e. The molecule has 0 radical (unpaired) electrons. The summed E-state index contributed by atoms with van der Waals surface area (Å²) in [5.74, 6) is 0.143. The highest BCUT2D eigenvalue weighted by Crippen LogP contribution is 2.45. The number of imide groups is 1. The summed E-state index contributed by atoms with van der Waals surface area (Å²) >= 11 is 0. The van der Waals surface area contributed by atoms with E-state index in [1.54, 1.807) is 36.3 Å². The van der Waals surface area contributed by atoms with Crippen molar-refractivity contribution in [1.82, 2.24) is 15.2 Å². The third kappa shape index (κ3) is 4.17. The summed E-state index contributed by atoms with van der Waals surface area (Å²) in [6.45, 7) is 0. The van der Waals surface area contributed by atoms with Gasteiger partial charge in [-0.25, -0.2) is 9.69 Å². The Kier molecular flexibility index (Phi) is 6.26. The first-order valence-corrected chi connectivity index (χ1v) is 14.3. The molecule has 2 fully saturated rings. The fourth-order valence-electron chi connectivity index (χ4n) is 6.80. The first kappa shape index (κ1) is 25.4. The van der Waals surface area contributed by atoms with Crippen LogP contribution < -0.4 is 15.0 Å². The quantitative estimate of drug-likeness (QED) is 0.312. The molecule has 0 bridgehead atoms. The molecular formula is C33H32N4O4. The molecule has 2 aliphatic heterocycles. The fourth-order valence-corrected chi connectivity index (χ4v) is 6.80. The van der Waals surface area contributed by atoms with Gasteiger partial charge in [-0.1, -0.05) is 61.7 Å². The van der Waals surface area contributed by atoms with Crippen LogP contribution in [0.25, 0.3) is 10.9 Å². The summed E-state index contributed by atoms with van der Waals surface area (Å²) in [5, 5.41) is 4.20. The number of carbonyl (C=O) groups excluding carboxylic acids is 3. The molecule has 1 aromatic heterocycles. The van der Waals surface area contributed by atoms with E-state index in [9.17, 15) is 14.4 Å². The molecule has 1 saturated heterocycles. The Bertz CT molecular complexity index is 1650. The summed E-state index contributed by atoms with van der Waals surface area (Å²) < 4.78 is 5.38. The molecule has 4 aromatic rings. The van der Waals surface area contributed by atoms with E-state index in [1.807, 2.05) is 42.5 Å². The highest BCUT2D eigenvalue weighted by Gasteiger charge is 2.53. The van der Waals surface area contributed by atoms with Crippen LogP contribution in [-0.2, 0) is 11.2 Å². The highest BCUT2D eigenvalue weighted by molar-refractivity contribution is 6.24. The lowest BCUT2D eigenvalue weighted by molar-refractivity contribution is -0.120. The van der Waals surface area contributed by atoms with Crippen molar-refractivity contribution in [3.8, 4) is 5.75 Å². The molecule has 1 aliphatic carbocycles. The number of methoxy groups -OCH3 is 1. The Morgan fingerprint density at radius 2 is 1.66 bits per heavy atom. The van der Waals surface area contributed by atoms with E-state index in [2.05, 4.69) is 16.4 Å². The molecule has 3 aliphatic rings. The number of benzene rings is 3. The van der Waals surface area contributed by atoms with Crippen molar-refractivity contribution >= 4 is 34.4 Å². The van der Waals surface area contributed by atoms with Gasteiger partial charge in [0, 0.05) is 29.1 Å². The lowest BCUT2D eigenvalue weighted by atomic mass is 9.89. The van der Waals surface area contributed by atoms with Crippen molar-refractivity contribution in [2.24, 2.45) is 0 Å². The first-order valence-electron chi connectivity index (χ1n) is 14.3. The normalized spacial score (nSPS) is 20.7. The Morgan fingerprint density at radius 1 is 0.927 bits per heavy atom. The summed E-state index contributed by atoms with van der Waals surface area (Å²) in [7, 11) is 1.61. The van der Waals surface area contributed by atoms with Crippen molar-refractivity contribution in [2.45, 2.75) is 56.7 Å². The molecule has 2 atom stereocenters. The maximum atomic E-state index is 14.3. The second kappa shape index (κ2) is 10.1. The number of para-hydroxylation sites is 2. The molecule has 0 spiro atoms. The van der Waals surface area contributed by atoms with E-state index >= 15 is 0 Å². The van der Waals surface area contributed by atoms with Gasteiger partial charge in [-0.2, -0.15) is 0 Å². The van der Waals surface area contributed by atoms with E-state index < -0.39 is 18.1 Å². The third-order valence-electron chi connectivity index (χ3n) is 8.81. The van der Waals surface area contributed by atoms with Gasteiger partial charge >= 0.3 is 6.03 Å². The minimum atomic E-state index is -0.698. The molecule has 8 nitrogen and oxygen atoms in total. The topological polar surface area (TPSA) is 94.7 Å². The number of nitrogens with one attached hydrogen (secondary N) is 2. The second-order valence-corrected chi connectivity index (χ2v) is 11.1. The van der Waals surface area contributed by atoms with E-state index in [-0.39, 0.29) is 17.9 Å². The molecule has 8 heteroatoms. The molecule has 7 rings (SSSR count). The van der Waals surface area contributed by atoms with Crippen LogP contribution in [0, 0.1) is 0 Å². The summed E-state index contributed by atoms with van der Waals surface area (Å²) in [4.78, 5) is 48.4. The second-order valence-electron chi connectivity index (χ2n) is 11.1. The predicted octanol–water partition coefficient (Wildman–Crippen LogP) is 5.72. The molecule has 208 valence electrons. The average molecular weight is 549 g/mol. The van der Waals surface area contributed by atoms with Gasteiger partial charge in [0.15, 0.2) is 0 Å². The van der Waals surface area contributed by atoms with Crippen molar-refractivity contribution in [1.29, 1.82) is 0 Å². The Balaban J connectivity index is 1.30. The molecule has 4 amide bonds. The van der Waals surface area contributed by atoms with Gasteiger partial charge in [-0.05, 0) is 54.3 Å². The number of hydrogen-bond donors (Lipinski definition) is 2. The van der Waals surface area contributed by atoms with Crippen LogP contribution >= 0.6 is 0 Å². The van der Waals surface area contributed by atoms with Crippen LogP contribution in [0.15, 0.2) is 72.8 Å². The van der Waals surface area contributed by atoms with Crippen LogP contribution in [0.4, 0.5) is 10.5 Å². The Hall–Kier alpha value is -4.59. The molecule has 2 N–H and O–H groups in total. The maximum absolute atomic E-state index is 14.3. The van der Waals surface area contributed by atoms with Crippen molar-refractivity contribution in [3.05, 3.63) is 95.2 Å². The highest BCUT2D eigenvalue weighted by atomic mass is 16.5. The first-order chi connectivity index (χ1) is 20.0. The zero-order chi connectivity index (χ0) is 28.1. The van der Waals surface area contributed by atoms with Crippen LogP contribution in [0.3, 0.4) is 0 Å². The van der Waals surface area contributed by atoms with E-state index in [0.29, 0.717) is 23.4 Å². The van der Waals surface area contributed by atoms with Crippen LogP contribution in [0.2, 0.25) is 0 Å². The summed E-state index contributed by atoms with van der Waals surface area (Å²) in [5.41, 5.74) is 4.44. The number of aromatic amines is 1. The number of fused-ring (bicyclic) bond motifs is 4. The molecule has 3 heterocycles. The zero-order valence-corrected chi connectivity index (χ0v) is 22.9. The lowest BCUT2D eigenvalue weighted by Crippen LogP contribution is -2.44. The standard InChI is InChI=1S/C33H32N4O4/c1-41-22-17-15-20(16-18-22)30-29-25(23-11-5-7-13-26(23)35-29)19-28-32(39)37(33(40)36(28)30)27-14-8-6-12-24(27)31(38)34-21-9-3-2-4-10-21/h5-8,11-18,21,28,30,35H,2-4,9-10,19H2,1H3,(H,34,38)/t28-,30?/m0/s1. The van der Waals surface area contributed by atoms with E-state index in [4.69, 9.17) is 4.74 Å². The number of aromatic nitrogens is 1. The van der Waals surface area contributed by atoms with Gasteiger partial charge in [0.1, 0.15) is 17.8 Å². The van der Waals surface area contributed by atoms with Gasteiger partial charge in [0.05, 0.1) is 18.4 Å². The number of anilines is 1. The van der Waals surface area contributed by atoms with Gasteiger partial charge in [0.2, 0.25) is 0 Å². The number of nitrogens with zero attached hydrogens (tertiary/aromatic N) is 2. The number of amides is 4. The average Bonchev–Trinajstić information content (AvgIpc) is 3.50. The number of rotatable bonds is 5. The number of H-pyrrole nitrogens is 1. The Labute approximate surface area is 238 Å².